The first-order chi connectivity index (χ1) is 8.62. The molecule has 0 spiro atoms. The summed E-state index contributed by atoms with van der Waals surface area (Å²) in [5.74, 6) is 0.143. The number of hydrogen-bond acceptors (Lipinski definition) is 5. The molecule has 5 nitrogen and oxygen atoms in total. The molecule has 0 aliphatic rings. The molecule has 0 atom stereocenters. The molecule has 0 unspecified atom stereocenters. The maximum absolute atomic E-state index is 10.7. The van der Waals surface area contributed by atoms with Crippen LogP contribution in [0.15, 0.2) is 29.8 Å². The standard InChI is InChI=1S/C13H11NO4/c1-9(16)18-12-5-3-10(4-6-12)13(17-2)11(7-14)8-15/h3-6,8H,1-2H3. The molecule has 1 aromatic carbocycles. The minimum atomic E-state index is -0.420. The zero-order chi connectivity index (χ0) is 13.5. The van der Waals surface area contributed by atoms with E-state index >= 15 is 0 Å². The van der Waals surface area contributed by atoms with E-state index in [0.29, 0.717) is 17.6 Å². The highest BCUT2D eigenvalue weighted by molar-refractivity contribution is 5.90. The van der Waals surface area contributed by atoms with Gasteiger partial charge in [-0.05, 0) is 24.3 Å². The van der Waals surface area contributed by atoms with Crippen molar-refractivity contribution in [1.82, 2.24) is 0 Å². The normalized spacial score (nSPS) is 10.9. The summed E-state index contributed by atoms with van der Waals surface area (Å²) in [6.45, 7) is 1.30. The highest BCUT2D eigenvalue weighted by Crippen LogP contribution is 2.21. The Labute approximate surface area is 104 Å². The third-order valence-corrected chi connectivity index (χ3v) is 2.07. The van der Waals surface area contributed by atoms with Gasteiger partial charge in [0.25, 0.3) is 0 Å². The van der Waals surface area contributed by atoms with Crippen molar-refractivity contribution >= 4 is 18.0 Å². The van der Waals surface area contributed by atoms with Crippen molar-refractivity contribution in [3.05, 3.63) is 35.4 Å². The number of esters is 1. The Morgan fingerprint density at radius 3 is 2.33 bits per heavy atom. The van der Waals surface area contributed by atoms with E-state index in [4.69, 9.17) is 14.7 Å². The van der Waals surface area contributed by atoms with E-state index in [9.17, 15) is 9.59 Å². The summed E-state index contributed by atoms with van der Waals surface area (Å²) in [7, 11) is 1.37. The number of carbonyl (C=O) groups is 2. The van der Waals surface area contributed by atoms with Crippen LogP contribution in [-0.4, -0.2) is 19.4 Å². The number of benzene rings is 1. The van der Waals surface area contributed by atoms with Gasteiger partial charge in [0.05, 0.1) is 7.11 Å². The van der Waals surface area contributed by atoms with E-state index < -0.39 is 5.97 Å². The molecule has 18 heavy (non-hydrogen) atoms. The van der Waals surface area contributed by atoms with E-state index in [1.807, 2.05) is 0 Å². The van der Waals surface area contributed by atoms with E-state index in [1.165, 1.54) is 14.0 Å². The molecule has 0 bridgehead atoms. The molecule has 0 aliphatic carbocycles. The van der Waals surface area contributed by atoms with E-state index in [2.05, 4.69) is 0 Å². The predicted molar refractivity (Wildman–Crippen MR) is 63.4 cm³/mol. The summed E-state index contributed by atoms with van der Waals surface area (Å²) < 4.78 is 9.88. The Balaban J connectivity index is 3.11. The maximum atomic E-state index is 10.7. The van der Waals surface area contributed by atoms with Crippen LogP contribution < -0.4 is 4.74 Å². The molecule has 0 aliphatic heterocycles. The topological polar surface area (TPSA) is 76.4 Å². The lowest BCUT2D eigenvalue weighted by Crippen LogP contribution is -2.01. The van der Waals surface area contributed by atoms with Gasteiger partial charge in [-0.25, -0.2) is 0 Å². The molecular formula is C13H11NO4. The fraction of sp³-hybridized carbons (Fsp3) is 0.154. The third-order valence-electron chi connectivity index (χ3n) is 2.07. The monoisotopic (exact) mass is 245 g/mol. The molecule has 1 aromatic rings. The molecule has 0 N–H and O–H groups in total. The summed E-state index contributed by atoms with van der Waals surface area (Å²) >= 11 is 0. The smallest absolute Gasteiger partial charge is 0.308 e. The van der Waals surface area contributed by atoms with Crippen LogP contribution in [0.4, 0.5) is 0 Å². The number of allylic oxidation sites excluding steroid dienone is 1. The molecule has 0 aromatic heterocycles. The fourth-order valence-electron chi connectivity index (χ4n) is 1.35. The Morgan fingerprint density at radius 1 is 1.33 bits per heavy atom. The number of aldehydes is 1. The van der Waals surface area contributed by atoms with Gasteiger partial charge in [0, 0.05) is 12.5 Å². The SMILES string of the molecule is COC(=C(C#N)C=O)c1ccc(OC(C)=O)cc1. The summed E-state index contributed by atoms with van der Waals surface area (Å²) in [5.41, 5.74) is 0.454. The van der Waals surface area contributed by atoms with Gasteiger partial charge >= 0.3 is 5.97 Å². The number of methoxy groups -OCH3 is 1. The van der Waals surface area contributed by atoms with Crippen molar-refractivity contribution in [3.63, 3.8) is 0 Å². The number of hydrogen-bond donors (Lipinski definition) is 0. The van der Waals surface area contributed by atoms with Crippen LogP contribution >= 0.6 is 0 Å². The van der Waals surface area contributed by atoms with Gasteiger partial charge < -0.3 is 9.47 Å². The molecule has 5 heteroatoms. The number of ether oxygens (including phenoxy) is 2. The van der Waals surface area contributed by atoms with E-state index in [-0.39, 0.29) is 11.3 Å². The van der Waals surface area contributed by atoms with Crippen LogP contribution in [0.5, 0.6) is 5.75 Å². The highest BCUT2D eigenvalue weighted by atomic mass is 16.5. The number of rotatable bonds is 4. The number of carbonyl (C=O) groups excluding carboxylic acids is 2. The average Bonchev–Trinajstić information content (AvgIpc) is 2.36. The molecular weight excluding hydrogens is 234 g/mol. The zero-order valence-corrected chi connectivity index (χ0v) is 9.97. The van der Waals surface area contributed by atoms with Crippen molar-refractivity contribution in [1.29, 1.82) is 5.26 Å². The van der Waals surface area contributed by atoms with E-state index in [0.717, 1.165) is 0 Å². The van der Waals surface area contributed by atoms with Crippen molar-refractivity contribution < 1.29 is 19.1 Å². The third kappa shape index (κ3) is 3.19. The Morgan fingerprint density at radius 2 is 1.94 bits per heavy atom. The number of nitrogens with zero attached hydrogens (tertiary/aromatic N) is 1. The lowest BCUT2D eigenvalue weighted by atomic mass is 10.1. The zero-order valence-electron chi connectivity index (χ0n) is 9.97. The van der Waals surface area contributed by atoms with Crippen LogP contribution in [0, 0.1) is 11.3 Å². The second-order valence-electron chi connectivity index (χ2n) is 3.29. The summed E-state index contributed by atoms with van der Waals surface area (Å²) in [5, 5.41) is 8.77. The molecule has 0 radical (unpaired) electrons. The Bertz CT molecular complexity index is 523. The maximum Gasteiger partial charge on any atom is 0.308 e. The Kier molecular flexibility index (Phi) is 4.64. The molecule has 1 rings (SSSR count). The van der Waals surface area contributed by atoms with Crippen molar-refractivity contribution in [2.45, 2.75) is 6.92 Å². The average molecular weight is 245 g/mol. The van der Waals surface area contributed by atoms with Crippen LogP contribution in [0.25, 0.3) is 5.76 Å². The van der Waals surface area contributed by atoms with Gasteiger partial charge in [-0.15, -0.1) is 0 Å². The van der Waals surface area contributed by atoms with Gasteiger partial charge in [0.15, 0.2) is 6.29 Å². The molecule has 0 heterocycles. The first-order valence-corrected chi connectivity index (χ1v) is 5.04. The van der Waals surface area contributed by atoms with Crippen molar-refractivity contribution in [2.75, 3.05) is 7.11 Å². The largest absolute Gasteiger partial charge is 0.495 e. The second kappa shape index (κ2) is 6.21. The lowest BCUT2D eigenvalue weighted by Gasteiger charge is -2.07. The quantitative estimate of drug-likeness (QED) is 0.201. The van der Waals surface area contributed by atoms with Crippen LogP contribution in [0.1, 0.15) is 12.5 Å². The molecule has 92 valence electrons. The van der Waals surface area contributed by atoms with Gasteiger partial charge in [-0.1, -0.05) is 0 Å². The van der Waals surface area contributed by atoms with Crippen LogP contribution in [-0.2, 0) is 14.3 Å². The lowest BCUT2D eigenvalue weighted by molar-refractivity contribution is -0.131. The second-order valence-corrected chi connectivity index (χ2v) is 3.29. The van der Waals surface area contributed by atoms with Gasteiger partial charge in [-0.2, -0.15) is 5.26 Å². The Hall–Kier alpha value is -2.61. The molecule has 0 saturated carbocycles. The minimum absolute atomic E-state index is 0.0993. The molecule has 0 saturated heterocycles. The van der Waals surface area contributed by atoms with Gasteiger partial charge in [0.1, 0.15) is 23.2 Å². The first kappa shape index (κ1) is 13.5. The van der Waals surface area contributed by atoms with Crippen molar-refractivity contribution in [2.24, 2.45) is 0 Å². The molecule has 0 amide bonds. The number of nitriles is 1. The van der Waals surface area contributed by atoms with Gasteiger partial charge in [-0.3, -0.25) is 9.59 Å². The first-order valence-electron chi connectivity index (χ1n) is 5.04. The summed E-state index contributed by atoms with van der Waals surface area (Å²) in [6, 6.07) is 8.04. The van der Waals surface area contributed by atoms with E-state index in [1.54, 1.807) is 30.3 Å². The summed E-state index contributed by atoms with van der Waals surface area (Å²) in [4.78, 5) is 21.4. The van der Waals surface area contributed by atoms with Gasteiger partial charge in [0.2, 0.25) is 0 Å². The highest BCUT2D eigenvalue weighted by Gasteiger charge is 2.09. The predicted octanol–water partition coefficient (Wildman–Crippen LogP) is 1.69. The fourth-order valence-corrected chi connectivity index (χ4v) is 1.35. The van der Waals surface area contributed by atoms with Crippen LogP contribution in [0.3, 0.4) is 0 Å². The van der Waals surface area contributed by atoms with Crippen LogP contribution in [0.2, 0.25) is 0 Å². The minimum Gasteiger partial charge on any atom is -0.495 e. The van der Waals surface area contributed by atoms with Crippen molar-refractivity contribution in [3.8, 4) is 11.8 Å². The summed E-state index contributed by atoms with van der Waals surface area (Å²) in [6.07, 6.45) is 0.429. The molecule has 0 fully saturated rings.